The predicted molar refractivity (Wildman–Crippen MR) is 68.8 cm³/mol. The zero-order valence-corrected chi connectivity index (χ0v) is 11.4. The highest BCUT2D eigenvalue weighted by atomic mass is 32.1. The van der Waals surface area contributed by atoms with Crippen molar-refractivity contribution in [1.29, 1.82) is 0 Å². The van der Waals surface area contributed by atoms with Crippen molar-refractivity contribution in [3.8, 4) is 0 Å². The lowest BCUT2D eigenvalue weighted by Gasteiger charge is -2.33. The van der Waals surface area contributed by atoms with Gasteiger partial charge in [-0.15, -0.1) is 11.3 Å². The Labute approximate surface area is 106 Å². The third-order valence-corrected chi connectivity index (χ3v) is 4.17. The minimum atomic E-state index is 0.112. The molecule has 1 aromatic heterocycles. The molecule has 1 aromatic rings. The molecule has 0 bridgehead atoms. The Morgan fingerprint density at radius 3 is 2.88 bits per heavy atom. The number of thiazole rings is 1. The first-order valence-corrected chi connectivity index (χ1v) is 6.82. The molecule has 0 saturated carbocycles. The molecule has 17 heavy (non-hydrogen) atoms. The summed E-state index contributed by atoms with van der Waals surface area (Å²) in [7, 11) is 1.86. The van der Waals surface area contributed by atoms with Crippen LogP contribution in [0.3, 0.4) is 0 Å². The summed E-state index contributed by atoms with van der Waals surface area (Å²) < 4.78 is 0. The van der Waals surface area contributed by atoms with Crippen LogP contribution in [-0.2, 0) is 11.3 Å². The van der Waals surface area contributed by atoms with Crippen molar-refractivity contribution in [2.24, 2.45) is 11.8 Å². The van der Waals surface area contributed by atoms with Crippen LogP contribution in [0.1, 0.15) is 17.6 Å². The standard InChI is InChI=1S/C12H19N3OS/c1-8(10-4-13-5-10)12(16)15(3)6-11-7-17-9(2)14-11/h7-8,10,13H,4-6H2,1-3H3. The number of carbonyl (C=O) groups is 1. The second kappa shape index (κ2) is 5.14. The first-order valence-electron chi connectivity index (χ1n) is 5.94. The Kier molecular flexibility index (Phi) is 3.79. The van der Waals surface area contributed by atoms with Crippen LogP contribution in [0.2, 0.25) is 0 Å². The Balaban J connectivity index is 1.90. The van der Waals surface area contributed by atoms with Crippen molar-refractivity contribution in [2.75, 3.05) is 20.1 Å². The highest BCUT2D eigenvalue weighted by molar-refractivity contribution is 7.09. The third kappa shape index (κ3) is 2.84. The van der Waals surface area contributed by atoms with E-state index in [9.17, 15) is 4.79 Å². The molecule has 0 radical (unpaired) electrons. The van der Waals surface area contributed by atoms with Gasteiger partial charge in [0.05, 0.1) is 17.2 Å². The monoisotopic (exact) mass is 253 g/mol. The molecule has 1 unspecified atom stereocenters. The Morgan fingerprint density at radius 2 is 2.41 bits per heavy atom. The molecule has 1 amide bonds. The minimum absolute atomic E-state index is 0.112. The van der Waals surface area contributed by atoms with Crippen molar-refractivity contribution in [1.82, 2.24) is 15.2 Å². The molecule has 5 heteroatoms. The molecule has 2 rings (SSSR count). The van der Waals surface area contributed by atoms with Gasteiger partial charge in [-0.25, -0.2) is 4.98 Å². The van der Waals surface area contributed by atoms with Gasteiger partial charge in [0.25, 0.3) is 0 Å². The van der Waals surface area contributed by atoms with Gasteiger partial charge in [0.2, 0.25) is 5.91 Å². The number of hydrogen-bond acceptors (Lipinski definition) is 4. The van der Waals surface area contributed by atoms with Gasteiger partial charge in [-0.2, -0.15) is 0 Å². The van der Waals surface area contributed by atoms with Crippen molar-refractivity contribution in [3.63, 3.8) is 0 Å². The summed E-state index contributed by atoms with van der Waals surface area (Å²) in [4.78, 5) is 18.3. The summed E-state index contributed by atoms with van der Waals surface area (Å²) in [5, 5.41) is 6.28. The van der Waals surface area contributed by atoms with E-state index in [0.717, 1.165) is 23.8 Å². The van der Waals surface area contributed by atoms with Gasteiger partial charge >= 0.3 is 0 Å². The van der Waals surface area contributed by atoms with E-state index in [-0.39, 0.29) is 11.8 Å². The fourth-order valence-corrected chi connectivity index (χ4v) is 2.62. The highest BCUT2D eigenvalue weighted by Gasteiger charge is 2.30. The Hall–Kier alpha value is -0.940. The summed E-state index contributed by atoms with van der Waals surface area (Å²) in [6, 6.07) is 0. The molecular weight excluding hydrogens is 234 g/mol. The first-order chi connectivity index (χ1) is 8.08. The van der Waals surface area contributed by atoms with Gasteiger partial charge in [-0.05, 0) is 25.9 Å². The molecule has 0 aliphatic carbocycles. The quantitative estimate of drug-likeness (QED) is 0.879. The van der Waals surface area contributed by atoms with Crippen LogP contribution in [0.4, 0.5) is 0 Å². The van der Waals surface area contributed by atoms with Gasteiger partial charge in [-0.1, -0.05) is 6.92 Å². The summed E-state index contributed by atoms with van der Waals surface area (Å²) in [6.07, 6.45) is 0. The summed E-state index contributed by atoms with van der Waals surface area (Å²) in [6.45, 7) is 6.57. The number of amides is 1. The van der Waals surface area contributed by atoms with Crippen LogP contribution in [0.25, 0.3) is 0 Å². The van der Waals surface area contributed by atoms with E-state index < -0.39 is 0 Å². The fraction of sp³-hybridized carbons (Fsp3) is 0.667. The lowest BCUT2D eigenvalue weighted by atomic mass is 9.88. The lowest BCUT2D eigenvalue weighted by molar-refractivity contribution is -0.136. The second-order valence-corrected chi connectivity index (χ2v) is 5.82. The van der Waals surface area contributed by atoms with Crippen LogP contribution in [0.5, 0.6) is 0 Å². The van der Waals surface area contributed by atoms with E-state index in [1.54, 1.807) is 16.2 Å². The first kappa shape index (κ1) is 12.5. The SMILES string of the molecule is Cc1nc(CN(C)C(=O)C(C)C2CNC2)cs1. The minimum Gasteiger partial charge on any atom is -0.340 e. The molecule has 0 spiro atoms. The Morgan fingerprint density at radius 1 is 1.71 bits per heavy atom. The summed E-state index contributed by atoms with van der Waals surface area (Å²) in [5.41, 5.74) is 0.988. The molecule has 94 valence electrons. The summed E-state index contributed by atoms with van der Waals surface area (Å²) >= 11 is 1.63. The van der Waals surface area contributed by atoms with E-state index in [4.69, 9.17) is 0 Å². The second-order valence-electron chi connectivity index (χ2n) is 4.76. The molecule has 1 aliphatic rings. The molecule has 2 heterocycles. The van der Waals surface area contributed by atoms with Gasteiger partial charge < -0.3 is 10.2 Å². The van der Waals surface area contributed by atoms with Gasteiger partial charge in [0, 0.05) is 18.3 Å². The predicted octanol–water partition coefficient (Wildman–Crippen LogP) is 1.27. The number of nitrogens with zero attached hydrogens (tertiary/aromatic N) is 2. The number of nitrogens with one attached hydrogen (secondary N) is 1. The molecule has 1 saturated heterocycles. The highest BCUT2D eigenvalue weighted by Crippen LogP contribution is 2.19. The van der Waals surface area contributed by atoms with E-state index >= 15 is 0 Å². The topological polar surface area (TPSA) is 45.2 Å². The number of rotatable bonds is 4. The molecule has 4 nitrogen and oxygen atoms in total. The molecule has 0 aromatic carbocycles. The number of aryl methyl sites for hydroxylation is 1. The average Bonchev–Trinajstić information content (AvgIpc) is 2.60. The van der Waals surface area contributed by atoms with Crippen molar-refractivity contribution in [3.05, 3.63) is 16.1 Å². The van der Waals surface area contributed by atoms with Gasteiger partial charge in [-0.3, -0.25) is 4.79 Å². The maximum atomic E-state index is 12.2. The van der Waals surface area contributed by atoms with E-state index in [1.807, 2.05) is 26.3 Å². The molecule has 1 fully saturated rings. The largest absolute Gasteiger partial charge is 0.340 e. The molecule has 1 atom stereocenters. The fourth-order valence-electron chi connectivity index (χ4n) is 2.02. The molecule has 1 aliphatic heterocycles. The van der Waals surface area contributed by atoms with Crippen LogP contribution < -0.4 is 5.32 Å². The average molecular weight is 253 g/mol. The van der Waals surface area contributed by atoms with Crippen LogP contribution in [0, 0.1) is 18.8 Å². The van der Waals surface area contributed by atoms with Crippen LogP contribution >= 0.6 is 11.3 Å². The van der Waals surface area contributed by atoms with Crippen LogP contribution in [0.15, 0.2) is 5.38 Å². The van der Waals surface area contributed by atoms with Gasteiger partial charge in [0.1, 0.15) is 0 Å². The van der Waals surface area contributed by atoms with Crippen molar-refractivity contribution < 1.29 is 4.79 Å². The zero-order valence-electron chi connectivity index (χ0n) is 10.6. The van der Waals surface area contributed by atoms with E-state index in [2.05, 4.69) is 10.3 Å². The molecular formula is C12H19N3OS. The van der Waals surface area contributed by atoms with E-state index in [0.29, 0.717) is 12.5 Å². The zero-order chi connectivity index (χ0) is 12.4. The van der Waals surface area contributed by atoms with Gasteiger partial charge in [0.15, 0.2) is 0 Å². The summed E-state index contributed by atoms with van der Waals surface area (Å²) in [5.74, 6) is 0.838. The van der Waals surface area contributed by atoms with Crippen molar-refractivity contribution >= 4 is 17.2 Å². The number of aromatic nitrogens is 1. The van der Waals surface area contributed by atoms with Crippen LogP contribution in [-0.4, -0.2) is 35.9 Å². The maximum absolute atomic E-state index is 12.2. The number of hydrogen-bond donors (Lipinski definition) is 1. The molecule has 1 N–H and O–H groups in total. The Bertz CT molecular complexity index is 400. The van der Waals surface area contributed by atoms with Crippen molar-refractivity contribution in [2.45, 2.75) is 20.4 Å². The smallest absolute Gasteiger partial charge is 0.225 e. The maximum Gasteiger partial charge on any atom is 0.225 e. The lowest BCUT2D eigenvalue weighted by Crippen LogP contribution is -2.49. The number of carbonyl (C=O) groups excluding carboxylic acids is 1. The normalized spacial score (nSPS) is 17.6. The third-order valence-electron chi connectivity index (χ3n) is 3.35. The van der Waals surface area contributed by atoms with E-state index in [1.165, 1.54) is 0 Å².